The molecule has 0 radical (unpaired) electrons. The summed E-state index contributed by atoms with van der Waals surface area (Å²) in [4.78, 5) is 34.6. The zero-order valence-corrected chi connectivity index (χ0v) is 20.5. The van der Waals surface area contributed by atoms with Gasteiger partial charge >= 0.3 is 5.97 Å². The smallest absolute Gasteiger partial charge is 0.338 e. The molecule has 1 fully saturated rings. The number of thioether (sulfide) groups is 1. The third kappa shape index (κ3) is 4.87. The van der Waals surface area contributed by atoms with E-state index in [2.05, 4.69) is 38.1 Å². The second-order valence-corrected chi connectivity index (χ2v) is 9.44. The molecule has 176 valence electrons. The van der Waals surface area contributed by atoms with Crippen LogP contribution in [0.4, 0.5) is 0 Å². The first-order valence-electron chi connectivity index (χ1n) is 11.5. The van der Waals surface area contributed by atoms with E-state index in [9.17, 15) is 9.59 Å². The van der Waals surface area contributed by atoms with Crippen LogP contribution < -0.4 is 0 Å². The number of amidine groups is 1. The molecular formula is C25H31N3O4S. The van der Waals surface area contributed by atoms with Gasteiger partial charge in [0.25, 0.3) is 0 Å². The van der Waals surface area contributed by atoms with E-state index < -0.39 is 6.04 Å². The minimum Gasteiger partial charge on any atom is -0.463 e. The average molecular weight is 470 g/mol. The van der Waals surface area contributed by atoms with Crippen LogP contribution in [-0.2, 0) is 19.1 Å². The standard InChI is InChI=1S/C25H31N3O4S/c1-5-32-24(30)22-17(4)26-25-28(23(22)19-8-6-18(7-9-19)16(2)3)20(15-33-25)14-21(29)27-10-12-31-13-11-27/h6-9,15-16,23H,5,10-14H2,1-4H3. The maximum Gasteiger partial charge on any atom is 0.338 e. The van der Waals surface area contributed by atoms with Gasteiger partial charge in [0.15, 0.2) is 5.17 Å². The molecule has 1 amide bonds. The number of hydrogen-bond donors (Lipinski definition) is 0. The lowest BCUT2D eigenvalue weighted by atomic mass is 9.92. The lowest BCUT2D eigenvalue weighted by molar-refractivity contribution is -0.139. The monoisotopic (exact) mass is 469 g/mol. The van der Waals surface area contributed by atoms with Crippen molar-refractivity contribution >= 4 is 28.8 Å². The number of rotatable bonds is 6. The second kappa shape index (κ2) is 10.1. The van der Waals surface area contributed by atoms with Crippen LogP contribution in [0, 0.1) is 0 Å². The highest BCUT2D eigenvalue weighted by Gasteiger charge is 2.41. The van der Waals surface area contributed by atoms with Gasteiger partial charge in [-0.25, -0.2) is 9.79 Å². The summed E-state index contributed by atoms with van der Waals surface area (Å²) in [7, 11) is 0. The van der Waals surface area contributed by atoms with E-state index in [1.807, 2.05) is 22.1 Å². The Kier molecular flexibility index (Phi) is 7.24. The van der Waals surface area contributed by atoms with E-state index in [4.69, 9.17) is 14.5 Å². The molecule has 3 aliphatic heterocycles. The van der Waals surface area contributed by atoms with E-state index in [0.29, 0.717) is 43.5 Å². The van der Waals surface area contributed by atoms with Crippen LogP contribution in [0.5, 0.6) is 0 Å². The first kappa shape index (κ1) is 23.6. The lowest BCUT2D eigenvalue weighted by Gasteiger charge is -2.37. The predicted octanol–water partition coefficient (Wildman–Crippen LogP) is 4.20. The van der Waals surface area contributed by atoms with E-state index >= 15 is 0 Å². The number of carbonyl (C=O) groups excluding carboxylic acids is 2. The molecular weight excluding hydrogens is 438 g/mol. The van der Waals surface area contributed by atoms with Gasteiger partial charge in [-0.15, -0.1) is 0 Å². The second-order valence-electron chi connectivity index (χ2n) is 8.60. The number of benzene rings is 1. The van der Waals surface area contributed by atoms with E-state index in [1.165, 1.54) is 17.3 Å². The summed E-state index contributed by atoms with van der Waals surface area (Å²) in [5.74, 6) is 0.101. The van der Waals surface area contributed by atoms with Crippen molar-refractivity contribution in [2.45, 2.75) is 46.1 Å². The fourth-order valence-electron chi connectivity index (χ4n) is 4.30. The minimum atomic E-state index is -0.392. The number of ether oxygens (including phenoxy) is 2. The molecule has 1 aromatic rings. The van der Waals surface area contributed by atoms with Crippen LogP contribution >= 0.6 is 11.8 Å². The molecule has 4 rings (SSSR count). The molecule has 3 aliphatic rings. The third-order valence-electron chi connectivity index (χ3n) is 6.11. The Hall–Kier alpha value is -2.58. The molecule has 0 aliphatic carbocycles. The number of amides is 1. The van der Waals surface area contributed by atoms with Crippen molar-refractivity contribution in [2.24, 2.45) is 4.99 Å². The van der Waals surface area contributed by atoms with Gasteiger partial charge in [-0.2, -0.15) is 0 Å². The van der Waals surface area contributed by atoms with Crippen LogP contribution in [-0.4, -0.2) is 59.8 Å². The number of allylic oxidation sites excluding steroid dienone is 1. The van der Waals surface area contributed by atoms with E-state index in [0.717, 1.165) is 16.4 Å². The Morgan fingerprint density at radius 2 is 1.91 bits per heavy atom. The molecule has 8 heteroatoms. The summed E-state index contributed by atoms with van der Waals surface area (Å²) in [6.45, 7) is 10.6. The summed E-state index contributed by atoms with van der Waals surface area (Å²) in [5.41, 5.74) is 4.23. The average Bonchev–Trinajstić information content (AvgIpc) is 3.20. The Morgan fingerprint density at radius 3 is 2.55 bits per heavy atom. The number of nitrogens with zero attached hydrogens (tertiary/aromatic N) is 3. The predicted molar refractivity (Wildman–Crippen MR) is 130 cm³/mol. The van der Waals surface area contributed by atoms with Crippen molar-refractivity contribution < 1.29 is 19.1 Å². The molecule has 0 aromatic heterocycles. The Balaban J connectivity index is 1.69. The Labute approximate surface area is 199 Å². The maximum absolute atomic E-state index is 13.0. The SMILES string of the molecule is CCOC(=O)C1=C(C)N=C2SC=C(CC(=O)N3CCOCC3)N2C1c1ccc(C(C)C)cc1. The van der Waals surface area contributed by atoms with Gasteiger partial charge in [0.2, 0.25) is 5.91 Å². The summed E-state index contributed by atoms with van der Waals surface area (Å²) in [5, 5.41) is 2.76. The van der Waals surface area contributed by atoms with Crippen molar-refractivity contribution in [2.75, 3.05) is 32.9 Å². The first-order valence-corrected chi connectivity index (χ1v) is 12.4. The van der Waals surface area contributed by atoms with Gasteiger partial charge in [0.05, 0.1) is 43.6 Å². The van der Waals surface area contributed by atoms with E-state index in [-0.39, 0.29) is 24.9 Å². The van der Waals surface area contributed by atoms with Crippen LogP contribution in [0.2, 0.25) is 0 Å². The molecule has 0 spiro atoms. The summed E-state index contributed by atoms with van der Waals surface area (Å²) in [6.07, 6.45) is 0.252. The number of hydrogen-bond acceptors (Lipinski definition) is 7. The van der Waals surface area contributed by atoms with Crippen molar-refractivity contribution in [3.05, 3.63) is 57.8 Å². The van der Waals surface area contributed by atoms with Crippen molar-refractivity contribution in [3.63, 3.8) is 0 Å². The molecule has 3 heterocycles. The molecule has 33 heavy (non-hydrogen) atoms. The van der Waals surface area contributed by atoms with Crippen LogP contribution in [0.1, 0.15) is 57.2 Å². The number of morpholine rings is 1. The fraction of sp³-hybridized carbons (Fsp3) is 0.480. The van der Waals surface area contributed by atoms with Gasteiger partial charge in [-0.1, -0.05) is 49.9 Å². The van der Waals surface area contributed by atoms with Crippen LogP contribution in [0.25, 0.3) is 0 Å². The first-order chi connectivity index (χ1) is 15.9. The molecule has 0 N–H and O–H groups in total. The summed E-state index contributed by atoms with van der Waals surface area (Å²) in [6, 6.07) is 7.96. The fourth-order valence-corrected chi connectivity index (χ4v) is 5.26. The Morgan fingerprint density at radius 1 is 1.21 bits per heavy atom. The van der Waals surface area contributed by atoms with Gasteiger partial charge in [0.1, 0.15) is 0 Å². The number of aliphatic imine (C=N–C) groups is 1. The topological polar surface area (TPSA) is 71.4 Å². The van der Waals surface area contributed by atoms with Crippen molar-refractivity contribution in [1.29, 1.82) is 0 Å². The molecule has 1 aromatic carbocycles. The van der Waals surface area contributed by atoms with E-state index in [1.54, 1.807) is 6.92 Å². The quantitative estimate of drug-likeness (QED) is 0.582. The largest absolute Gasteiger partial charge is 0.463 e. The highest BCUT2D eigenvalue weighted by molar-refractivity contribution is 8.16. The van der Waals surface area contributed by atoms with Crippen LogP contribution in [0.15, 0.2) is 51.6 Å². The Bertz CT molecular complexity index is 1010. The van der Waals surface area contributed by atoms with Crippen molar-refractivity contribution in [1.82, 2.24) is 9.80 Å². The van der Waals surface area contributed by atoms with Crippen molar-refractivity contribution in [3.8, 4) is 0 Å². The van der Waals surface area contributed by atoms with Gasteiger partial charge in [0, 0.05) is 18.8 Å². The molecule has 1 unspecified atom stereocenters. The number of esters is 1. The van der Waals surface area contributed by atoms with Crippen LogP contribution in [0.3, 0.4) is 0 Å². The number of fused-ring (bicyclic) bond motifs is 1. The summed E-state index contributed by atoms with van der Waals surface area (Å²) < 4.78 is 10.8. The molecule has 0 saturated carbocycles. The molecule has 0 bridgehead atoms. The highest BCUT2D eigenvalue weighted by Crippen LogP contribution is 2.45. The maximum atomic E-state index is 13.0. The third-order valence-corrected chi connectivity index (χ3v) is 7.00. The summed E-state index contributed by atoms with van der Waals surface area (Å²) >= 11 is 1.49. The molecule has 1 atom stereocenters. The molecule has 1 saturated heterocycles. The van der Waals surface area contributed by atoms with Gasteiger partial charge in [-0.05, 0) is 36.3 Å². The molecule has 7 nitrogen and oxygen atoms in total. The zero-order chi connectivity index (χ0) is 23.5. The normalized spacial score (nSPS) is 20.6. The number of carbonyl (C=O) groups is 2. The highest BCUT2D eigenvalue weighted by atomic mass is 32.2. The lowest BCUT2D eigenvalue weighted by Crippen LogP contribution is -2.42. The zero-order valence-electron chi connectivity index (χ0n) is 19.7. The van der Waals surface area contributed by atoms with Gasteiger partial charge in [-0.3, -0.25) is 4.79 Å². The van der Waals surface area contributed by atoms with Gasteiger partial charge < -0.3 is 19.3 Å². The minimum absolute atomic E-state index is 0.0595.